The topological polar surface area (TPSA) is 20.7 Å². The van der Waals surface area contributed by atoms with Crippen molar-refractivity contribution in [3.63, 3.8) is 0 Å². The molecule has 0 saturated carbocycles. The van der Waals surface area contributed by atoms with Crippen LogP contribution in [0.3, 0.4) is 0 Å². The zero-order chi connectivity index (χ0) is 14.1. The van der Waals surface area contributed by atoms with E-state index >= 15 is 0 Å². The van der Waals surface area contributed by atoms with Gasteiger partial charge in [-0.2, -0.15) is 0 Å². The van der Waals surface area contributed by atoms with E-state index in [1.807, 2.05) is 18.2 Å². The number of hydrogen-bond acceptors (Lipinski definition) is 1. The van der Waals surface area contributed by atoms with E-state index in [0.29, 0.717) is 5.02 Å². The summed E-state index contributed by atoms with van der Waals surface area (Å²) in [6, 6.07) is 14.5. The molecule has 102 valence electrons. The first-order valence-electron chi connectivity index (χ1n) is 6.63. The van der Waals surface area contributed by atoms with E-state index in [0.717, 1.165) is 28.8 Å². The highest BCUT2D eigenvalue weighted by Gasteiger charge is 2.05. The fraction of sp³-hybridized carbons (Fsp3) is 0.188. The van der Waals surface area contributed by atoms with Crippen molar-refractivity contribution >= 4 is 34.9 Å². The van der Waals surface area contributed by atoms with Gasteiger partial charge < -0.3 is 9.55 Å². The SMILES string of the molecule is CCc1ccc(Cn2c(=S)[nH]c3cc(Cl)ccc32)cc1. The summed E-state index contributed by atoms with van der Waals surface area (Å²) in [6.45, 7) is 2.93. The van der Waals surface area contributed by atoms with Crippen LogP contribution in [0.4, 0.5) is 0 Å². The molecule has 4 heteroatoms. The summed E-state index contributed by atoms with van der Waals surface area (Å²) in [4.78, 5) is 3.20. The minimum atomic E-state index is 0.716. The van der Waals surface area contributed by atoms with Gasteiger partial charge in [0.15, 0.2) is 4.77 Å². The van der Waals surface area contributed by atoms with Gasteiger partial charge in [-0.15, -0.1) is 0 Å². The molecule has 0 spiro atoms. The lowest BCUT2D eigenvalue weighted by Gasteiger charge is -2.06. The summed E-state index contributed by atoms with van der Waals surface area (Å²) in [5.74, 6) is 0. The summed E-state index contributed by atoms with van der Waals surface area (Å²) in [6.07, 6.45) is 1.06. The Bertz CT molecular complexity index is 799. The van der Waals surface area contributed by atoms with E-state index in [1.165, 1.54) is 11.1 Å². The second kappa shape index (κ2) is 5.43. The van der Waals surface area contributed by atoms with Crippen LogP contribution in [-0.2, 0) is 13.0 Å². The molecule has 1 aromatic heterocycles. The zero-order valence-electron chi connectivity index (χ0n) is 11.2. The van der Waals surface area contributed by atoms with Crippen molar-refractivity contribution in [2.24, 2.45) is 0 Å². The number of hydrogen-bond donors (Lipinski definition) is 1. The molecule has 0 unspecified atom stereocenters. The van der Waals surface area contributed by atoms with Crippen molar-refractivity contribution < 1.29 is 0 Å². The van der Waals surface area contributed by atoms with Crippen LogP contribution in [0, 0.1) is 4.77 Å². The van der Waals surface area contributed by atoms with Crippen LogP contribution in [0.15, 0.2) is 42.5 Å². The van der Waals surface area contributed by atoms with E-state index in [2.05, 4.69) is 40.7 Å². The standard InChI is InChI=1S/C16H15ClN2S/c1-2-11-3-5-12(6-4-11)10-19-15-8-7-13(17)9-14(15)18-16(19)20/h3-9H,2,10H2,1H3,(H,18,20). The number of rotatable bonds is 3. The van der Waals surface area contributed by atoms with Gasteiger partial charge in [0.2, 0.25) is 0 Å². The Labute approximate surface area is 128 Å². The highest BCUT2D eigenvalue weighted by molar-refractivity contribution is 7.71. The number of aromatic nitrogens is 2. The van der Waals surface area contributed by atoms with E-state index < -0.39 is 0 Å². The zero-order valence-corrected chi connectivity index (χ0v) is 12.8. The van der Waals surface area contributed by atoms with Crippen molar-refractivity contribution in [2.75, 3.05) is 0 Å². The summed E-state index contributed by atoms with van der Waals surface area (Å²) in [7, 11) is 0. The van der Waals surface area contributed by atoms with E-state index in [9.17, 15) is 0 Å². The third kappa shape index (κ3) is 2.51. The third-order valence-electron chi connectivity index (χ3n) is 3.51. The molecule has 1 heterocycles. The van der Waals surface area contributed by atoms with Crippen molar-refractivity contribution in [1.82, 2.24) is 9.55 Å². The Balaban J connectivity index is 2.01. The largest absolute Gasteiger partial charge is 0.331 e. The van der Waals surface area contributed by atoms with E-state index in [1.54, 1.807) is 0 Å². The predicted octanol–water partition coefficient (Wildman–Crippen LogP) is 4.96. The molecular formula is C16H15ClN2S. The number of nitrogens with one attached hydrogen (secondary N) is 1. The van der Waals surface area contributed by atoms with Crippen LogP contribution in [0.25, 0.3) is 11.0 Å². The molecule has 20 heavy (non-hydrogen) atoms. The summed E-state index contributed by atoms with van der Waals surface area (Å²) >= 11 is 11.4. The first-order chi connectivity index (χ1) is 9.67. The molecule has 3 rings (SSSR count). The highest BCUT2D eigenvalue weighted by Crippen LogP contribution is 2.20. The molecule has 0 atom stereocenters. The molecule has 0 aliphatic carbocycles. The van der Waals surface area contributed by atoms with Crippen molar-refractivity contribution in [1.29, 1.82) is 0 Å². The normalized spacial score (nSPS) is 11.1. The van der Waals surface area contributed by atoms with Crippen LogP contribution in [-0.4, -0.2) is 9.55 Å². The van der Waals surface area contributed by atoms with Crippen molar-refractivity contribution in [3.05, 3.63) is 63.4 Å². The molecule has 0 fully saturated rings. The van der Waals surface area contributed by atoms with Gasteiger partial charge in [0.05, 0.1) is 17.6 Å². The molecule has 3 aromatic rings. The molecule has 0 amide bonds. The van der Waals surface area contributed by atoms with Gasteiger partial charge in [0.25, 0.3) is 0 Å². The van der Waals surface area contributed by atoms with Gasteiger partial charge in [-0.25, -0.2) is 0 Å². The lowest BCUT2D eigenvalue weighted by Crippen LogP contribution is -1.99. The quantitative estimate of drug-likeness (QED) is 0.678. The fourth-order valence-corrected chi connectivity index (χ4v) is 2.80. The Morgan fingerprint density at radius 3 is 2.50 bits per heavy atom. The molecular weight excluding hydrogens is 288 g/mol. The Morgan fingerprint density at radius 1 is 1.10 bits per heavy atom. The van der Waals surface area contributed by atoms with Gasteiger partial charge in [0, 0.05) is 5.02 Å². The number of H-pyrrole nitrogens is 1. The molecule has 0 saturated heterocycles. The third-order valence-corrected chi connectivity index (χ3v) is 4.07. The second-order valence-corrected chi connectivity index (χ2v) is 5.67. The lowest BCUT2D eigenvalue weighted by molar-refractivity contribution is 0.810. The van der Waals surface area contributed by atoms with E-state index in [-0.39, 0.29) is 0 Å². The Hall–Kier alpha value is -1.58. The Kier molecular flexibility index (Phi) is 3.64. The summed E-state index contributed by atoms with van der Waals surface area (Å²) in [5.41, 5.74) is 4.66. The van der Waals surface area contributed by atoms with Gasteiger partial charge in [-0.3, -0.25) is 0 Å². The molecule has 2 aromatic carbocycles. The number of imidazole rings is 1. The Morgan fingerprint density at radius 2 is 1.80 bits per heavy atom. The minimum Gasteiger partial charge on any atom is -0.331 e. The minimum absolute atomic E-state index is 0.716. The molecule has 2 nitrogen and oxygen atoms in total. The smallest absolute Gasteiger partial charge is 0.178 e. The second-order valence-electron chi connectivity index (χ2n) is 4.85. The predicted molar refractivity (Wildman–Crippen MR) is 87.1 cm³/mol. The number of aromatic amines is 1. The molecule has 0 aliphatic heterocycles. The molecule has 0 bridgehead atoms. The molecule has 0 radical (unpaired) electrons. The van der Waals surface area contributed by atoms with Gasteiger partial charge in [-0.05, 0) is 48.0 Å². The maximum absolute atomic E-state index is 6.01. The van der Waals surface area contributed by atoms with Crippen LogP contribution >= 0.6 is 23.8 Å². The van der Waals surface area contributed by atoms with Crippen LogP contribution in [0.1, 0.15) is 18.1 Å². The monoisotopic (exact) mass is 302 g/mol. The first-order valence-corrected chi connectivity index (χ1v) is 7.42. The number of halogens is 1. The van der Waals surface area contributed by atoms with Crippen LogP contribution < -0.4 is 0 Å². The lowest BCUT2D eigenvalue weighted by atomic mass is 10.1. The summed E-state index contributed by atoms with van der Waals surface area (Å²) < 4.78 is 2.82. The van der Waals surface area contributed by atoms with Crippen LogP contribution in [0.5, 0.6) is 0 Å². The average Bonchev–Trinajstić information content (AvgIpc) is 2.75. The first kappa shape index (κ1) is 13.4. The maximum atomic E-state index is 6.01. The van der Waals surface area contributed by atoms with E-state index in [4.69, 9.17) is 23.8 Å². The summed E-state index contributed by atoms with van der Waals surface area (Å²) in [5, 5.41) is 0.716. The number of nitrogens with zero attached hydrogens (tertiary/aromatic N) is 1. The number of benzene rings is 2. The van der Waals surface area contributed by atoms with Crippen LogP contribution in [0.2, 0.25) is 5.02 Å². The van der Waals surface area contributed by atoms with Gasteiger partial charge in [0.1, 0.15) is 0 Å². The van der Waals surface area contributed by atoms with Crippen molar-refractivity contribution in [3.8, 4) is 0 Å². The fourth-order valence-electron chi connectivity index (χ4n) is 2.36. The van der Waals surface area contributed by atoms with Gasteiger partial charge in [-0.1, -0.05) is 42.8 Å². The molecule has 1 N–H and O–H groups in total. The molecule has 0 aliphatic rings. The maximum Gasteiger partial charge on any atom is 0.178 e. The number of aryl methyl sites for hydroxylation is 1. The van der Waals surface area contributed by atoms with Crippen molar-refractivity contribution in [2.45, 2.75) is 19.9 Å². The average molecular weight is 303 g/mol. The highest BCUT2D eigenvalue weighted by atomic mass is 35.5. The number of fused-ring (bicyclic) bond motifs is 1. The van der Waals surface area contributed by atoms with Gasteiger partial charge >= 0.3 is 0 Å².